The molecule has 4 nitrogen and oxygen atoms in total. The summed E-state index contributed by atoms with van der Waals surface area (Å²) in [7, 11) is 0. The Bertz CT molecular complexity index is 828. The van der Waals surface area contributed by atoms with E-state index in [-0.39, 0.29) is 6.61 Å². The summed E-state index contributed by atoms with van der Waals surface area (Å²) in [4.78, 5) is 11.2. The highest BCUT2D eigenvalue weighted by atomic mass is 16.5. The molecule has 2 rings (SSSR count). The first-order valence-corrected chi connectivity index (χ1v) is 14.7. The molecule has 1 N–H and O–H groups in total. The minimum absolute atomic E-state index is 0.188. The van der Waals surface area contributed by atoms with Gasteiger partial charge in [-0.1, -0.05) is 72.6 Å². The highest BCUT2D eigenvalue weighted by Gasteiger charge is 2.27. The normalized spacial score (nSPS) is 17.9. The van der Waals surface area contributed by atoms with Crippen LogP contribution in [0.25, 0.3) is 0 Å². The molecule has 0 amide bonds. The van der Waals surface area contributed by atoms with Crippen molar-refractivity contribution in [3.05, 3.63) is 22.3 Å². The van der Waals surface area contributed by atoms with Crippen LogP contribution in [0.15, 0.2) is 0 Å². The maximum Gasteiger partial charge on any atom is 0.309 e. The first kappa shape index (κ1) is 30.5. The molecule has 0 aliphatic carbocycles. The van der Waals surface area contributed by atoms with E-state index in [0.29, 0.717) is 6.10 Å². The second-order valence-corrected chi connectivity index (χ2v) is 12.2. The number of carbonyl (C=O) groups is 1. The number of carboxylic acids is 1. The van der Waals surface area contributed by atoms with Crippen molar-refractivity contribution in [2.45, 2.75) is 132 Å². The largest absolute Gasteiger partial charge is 0.492 e. The van der Waals surface area contributed by atoms with Gasteiger partial charge in [-0.25, -0.2) is 0 Å². The zero-order valence-corrected chi connectivity index (χ0v) is 24.5. The zero-order chi connectivity index (χ0) is 26.8. The molecular formula is C32H54O4. The molecule has 0 spiro atoms. The standard InChI is InChI=1S/C32H54O4/c1-21(2)12-9-13-22(3)14-10-15-23(4)16-11-17-28-18-19-29-27(8)30(35-20-24(5)32(33)34)25(6)26(7)31(29)36-28/h21-24,28H,9-20H2,1-8H3,(H,33,34)/t22-,23-,24?,28-/m1/s1. The predicted octanol–water partition coefficient (Wildman–Crippen LogP) is 8.84. The van der Waals surface area contributed by atoms with E-state index in [9.17, 15) is 9.90 Å². The smallest absolute Gasteiger partial charge is 0.309 e. The van der Waals surface area contributed by atoms with Gasteiger partial charge in [-0.2, -0.15) is 0 Å². The van der Waals surface area contributed by atoms with Crippen LogP contribution in [0, 0.1) is 44.4 Å². The van der Waals surface area contributed by atoms with Crippen molar-refractivity contribution >= 4 is 5.97 Å². The van der Waals surface area contributed by atoms with Crippen molar-refractivity contribution < 1.29 is 19.4 Å². The lowest BCUT2D eigenvalue weighted by Gasteiger charge is -2.31. The maximum absolute atomic E-state index is 11.2. The van der Waals surface area contributed by atoms with Crippen molar-refractivity contribution in [1.82, 2.24) is 0 Å². The summed E-state index contributed by atoms with van der Waals surface area (Å²) >= 11 is 0. The van der Waals surface area contributed by atoms with Crippen LogP contribution >= 0.6 is 0 Å². The number of ether oxygens (including phenoxy) is 2. The molecule has 0 saturated carbocycles. The Labute approximate surface area is 221 Å². The molecule has 0 radical (unpaired) electrons. The fourth-order valence-electron chi connectivity index (χ4n) is 5.52. The van der Waals surface area contributed by atoms with Crippen LogP contribution in [0.1, 0.15) is 121 Å². The average molecular weight is 503 g/mol. The van der Waals surface area contributed by atoms with Crippen LogP contribution in [0.2, 0.25) is 0 Å². The van der Waals surface area contributed by atoms with Crippen molar-refractivity contribution in [1.29, 1.82) is 0 Å². The van der Waals surface area contributed by atoms with Gasteiger partial charge in [0.15, 0.2) is 0 Å². The predicted molar refractivity (Wildman–Crippen MR) is 150 cm³/mol. The van der Waals surface area contributed by atoms with Gasteiger partial charge in [0.1, 0.15) is 18.1 Å². The Morgan fingerprint density at radius 1 is 0.889 bits per heavy atom. The lowest BCUT2D eigenvalue weighted by atomic mass is 9.89. The van der Waals surface area contributed by atoms with Gasteiger partial charge in [0, 0.05) is 5.56 Å². The molecule has 206 valence electrons. The number of benzene rings is 1. The summed E-state index contributed by atoms with van der Waals surface area (Å²) < 4.78 is 12.5. The first-order chi connectivity index (χ1) is 17.0. The SMILES string of the molecule is Cc1c(C)c2c(c(C)c1OCC(C)C(=O)O)CC[C@@H](CCC[C@H](C)CCC[C@H](C)CCCC(C)C)O2. The van der Waals surface area contributed by atoms with Gasteiger partial charge in [0.05, 0.1) is 12.0 Å². The van der Waals surface area contributed by atoms with Crippen LogP contribution < -0.4 is 9.47 Å². The minimum atomic E-state index is -0.827. The lowest BCUT2D eigenvalue weighted by molar-refractivity contribution is -0.142. The molecule has 0 aromatic heterocycles. The minimum Gasteiger partial charge on any atom is -0.492 e. The van der Waals surface area contributed by atoms with Gasteiger partial charge in [-0.05, 0) is 87.8 Å². The summed E-state index contributed by atoms with van der Waals surface area (Å²) in [5, 5.41) is 9.19. The molecule has 0 bridgehead atoms. The molecule has 1 aliphatic rings. The molecule has 1 aliphatic heterocycles. The van der Waals surface area contributed by atoms with E-state index >= 15 is 0 Å². The molecule has 0 saturated heterocycles. The maximum atomic E-state index is 11.2. The molecule has 1 aromatic carbocycles. The van der Waals surface area contributed by atoms with Crippen molar-refractivity contribution in [2.24, 2.45) is 23.7 Å². The number of rotatable bonds is 16. The van der Waals surface area contributed by atoms with Crippen LogP contribution in [0.5, 0.6) is 11.5 Å². The summed E-state index contributed by atoms with van der Waals surface area (Å²) in [5.74, 6) is 3.02. The number of aliphatic carboxylic acids is 1. The second kappa shape index (κ2) is 14.9. The summed E-state index contributed by atoms with van der Waals surface area (Å²) in [6.45, 7) is 17.6. The van der Waals surface area contributed by atoms with Crippen molar-refractivity contribution in [2.75, 3.05) is 6.61 Å². The van der Waals surface area contributed by atoms with E-state index in [2.05, 4.69) is 48.5 Å². The number of hydrogen-bond acceptors (Lipinski definition) is 3. The second-order valence-electron chi connectivity index (χ2n) is 12.2. The van der Waals surface area contributed by atoms with E-state index in [4.69, 9.17) is 9.47 Å². The highest BCUT2D eigenvalue weighted by molar-refractivity contribution is 5.69. The molecule has 4 heteroatoms. The first-order valence-electron chi connectivity index (χ1n) is 14.7. The average Bonchev–Trinajstić information content (AvgIpc) is 2.82. The fraction of sp³-hybridized carbons (Fsp3) is 0.781. The fourth-order valence-corrected chi connectivity index (χ4v) is 5.52. The Hall–Kier alpha value is -1.71. The van der Waals surface area contributed by atoms with Gasteiger partial charge in [0.2, 0.25) is 0 Å². The van der Waals surface area contributed by atoms with E-state index in [1.54, 1.807) is 6.92 Å². The van der Waals surface area contributed by atoms with Crippen molar-refractivity contribution in [3.63, 3.8) is 0 Å². The third kappa shape index (κ3) is 9.30. The third-order valence-corrected chi connectivity index (χ3v) is 8.31. The quantitative estimate of drug-likeness (QED) is 0.245. The van der Waals surface area contributed by atoms with Gasteiger partial charge < -0.3 is 14.6 Å². The molecule has 36 heavy (non-hydrogen) atoms. The topological polar surface area (TPSA) is 55.8 Å². The van der Waals surface area contributed by atoms with Gasteiger partial charge in [0.25, 0.3) is 0 Å². The number of hydrogen-bond donors (Lipinski definition) is 1. The van der Waals surface area contributed by atoms with E-state index in [1.165, 1.54) is 56.9 Å². The monoisotopic (exact) mass is 502 g/mol. The summed E-state index contributed by atoms with van der Waals surface area (Å²) in [6, 6.07) is 0. The zero-order valence-electron chi connectivity index (χ0n) is 24.5. The summed E-state index contributed by atoms with van der Waals surface area (Å²) in [6.07, 6.45) is 14.2. The Morgan fingerprint density at radius 3 is 2.06 bits per heavy atom. The van der Waals surface area contributed by atoms with Crippen LogP contribution in [-0.4, -0.2) is 23.8 Å². The molecule has 0 fully saturated rings. The summed E-state index contributed by atoms with van der Waals surface area (Å²) in [5.41, 5.74) is 4.55. The van der Waals surface area contributed by atoms with Gasteiger partial charge >= 0.3 is 5.97 Å². The van der Waals surface area contributed by atoms with Crippen LogP contribution in [0.4, 0.5) is 0 Å². The van der Waals surface area contributed by atoms with Crippen LogP contribution in [-0.2, 0) is 11.2 Å². The third-order valence-electron chi connectivity index (χ3n) is 8.31. The Balaban J connectivity index is 1.78. The molecule has 4 atom stereocenters. The number of fused-ring (bicyclic) bond motifs is 1. The highest BCUT2D eigenvalue weighted by Crippen LogP contribution is 2.42. The van der Waals surface area contributed by atoms with E-state index in [1.807, 2.05) is 0 Å². The van der Waals surface area contributed by atoms with E-state index < -0.39 is 11.9 Å². The lowest BCUT2D eigenvalue weighted by Crippen LogP contribution is -2.25. The van der Waals surface area contributed by atoms with Crippen molar-refractivity contribution in [3.8, 4) is 11.5 Å². The van der Waals surface area contributed by atoms with E-state index in [0.717, 1.165) is 65.2 Å². The molecule has 1 unspecified atom stereocenters. The van der Waals surface area contributed by atoms with Crippen LogP contribution in [0.3, 0.4) is 0 Å². The molecule has 1 heterocycles. The number of carboxylic acid groups (broad SMARTS) is 1. The molecular weight excluding hydrogens is 448 g/mol. The Kier molecular flexibility index (Phi) is 12.6. The van der Waals surface area contributed by atoms with Gasteiger partial charge in [-0.3, -0.25) is 4.79 Å². The molecule has 1 aromatic rings. The van der Waals surface area contributed by atoms with Gasteiger partial charge in [-0.15, -0.1) is 0 Å². The Morgan fingerprint density at radius 2 is 1.47 bits per heavy atom.